The SMILES string of the molecule is CCCOC(=O)c1cccc(NC(=S)NC(=O)c2cccs2)c1. The summed E-state index contributed by atoms with van der Waals surface area (Å²) in [6, 6.07) is 10.3. The van der Waals surface area contributed by atoms with Crippen LogP contribution in [-0.2, 0) is 4.74 Å². The van der Waals surface area contributed by atoms with Crippen LogP contribution >= 0.6 is 23.6 Å². The van der Waals surface area contributed by atoms with Gasteiger partial charge in [0.25, 0.3) is 5.91 Å². The Morgan fingerprint density at radius 1 is 1.26 bits per heavy atom. The number of carbonyl (C=O) groups excluding carboxylic acids is 2. The molecular weight excluding hydrogens is 332 g/mol. The van der Waals surface area contributed by atoms with Gasteiger partial charge in [-0.25, -0.2) is 4.79 Å². The fourth-order valence-corrected chi connectivity index (χ4v) is 2.57. The summed E-state index contributed by atoms with van der Waals surface area (Å²) in [4.78, 5) is 24.3. The van der Waals surface area contributed by atoms with Gasteiger partial charge in [0.2, 0.25) is 0 Å². The molecule has 0 saturated carbocycles. The van der Waals surface area contributed by atoms with E-state index in [0.29, 0.717) is 22.7 Å². The molecule has 23 heavy (non-hydrogen) atoms. The van der Waals surface area contributed by atoms with Crippen LogP contribution in [0.5, 0.6) is 0 Å². The summed E-state index contributed by atoms with van der Waals surface area (Å²) < 4.78 is 5.08. The van der Waals surface area contributed by atoms with Crippen molar-refractivity contribution in [3.05, 3.63) is 52.2 Å². The van der Waals surface area contributed by atoms with Crippen LogP contribution in [-0.4, -0.2) is 23.6 Å². The number of hydrogen-bond acceptors (Lipinski definition) is 5. The third kappa shape index (κ3) is 5.15. The third-order valence-electron chi connectivity index (χ3n) is 2.77. The molecule has 2 aromatic rings. The van der Waals surface area contributed by atoms with Crippen molar-refractivity contribution in [2.45, 2.75) is 13.3 Å². The summed E-state index contributed by atoms with van der Waals surface area (Å²) in [6.45, 7) is 2.31. The summed E-state index contributed by atoms with van der Waals surface area (Å²) in [5.74, 6) is -0.653. The van der Waals surface area contributed by atoms with E-state index in [1.54, 1.807) is 36.4 Å². The van der Waals surface area contributed by atoms with Gasteiger partial charge in [0.15, 0.2) is 5.11 Å². The standard InChI is InChI=1S/C16H16N2O3S2/c1-2-8-21-15(20)11-5-3-6-12(10-11)17-16(22)18-14(19)13-7-4-9-23-13/h3-7,9-10H,2,8H2,1H3,(H2,17,18,19,22). The van der Waals surface area contributed by atoms with Gasteiger partial charge in [-0.2, -0.15) is 0 Å². The van der Waals surface area contributed by atoms with Crippen LogP contribution in [0.15, 0.2) is 41.8 Å². The van der Waals surface area contributed by atoms with Crippen LogP contribution in [0.1, 0.15) is 33.4 Å². The minimum atomic E-state index is -0.385. The van der Waals surface area contributed by atoms with E-state index in [9.17, 15) is 9.59 Å². The number of ether oxygens (including phenoxy) is 1. The van der Waals surface area contributed by atoms with Crippen molar-refractivity contribution in [2.24, 2.45) is 0 Å². The maximum atomic E-state index is 11.9. The van der Waals surface area contributed by atoms with E-state index in [-0.39, 0.29) is 17.0 Å². The summed E-state index contributed by atoms with van der Waals surface area (Å²) >= 11 is 6.44. The number of thiophene rings is 1. The summed E-state index contributed by atoms with van der Waals surface area (Å²) in [7, 11) is 0. The van der Waals surface area contributed by atoms with Crippen molar-refractivity contribution in [1.29, 1.82) is 0 Å². The number of esters is 1. The van der Waals surface area contributed by atoms with Gasteiger partial charge >= 0.3 is 5.97 Å². The first-order chi connectivity index (χ1) is 11.1. The van der Waals surface area contributed by atoms with Crippen molar-refractivity contribution in [2.75, 3.05) is 11.9 Å². The number of hydrogen-bond donors (Lipinski definition) is 2. The quantitative estimate of drug-likeness (QED) is 0.640. The largest absolute Gasteiger partial charge is 0.462 e. The second-order valence-electron chi connectivity index (χ2n) is 4.60. The lowest BCUT2D eigenvalue weighted by Crippen LogP contribution is -2.33. The number of thiocarbonyl (C=S) groups is 1. The molecule has 120 valence electrons. The molecule has 0 saturated heterocycles. The molecule has 1 aromatic carbocycles. The molecule has 0 unspecified atom stereocenters. The number of rotatable bonds is 5. The molecule has 0 radical (unpaired) electrons. The zero-order valence-corrected chi connectivity index (χ0v) is 14.1. The van der Waals surface area contributed by atoms with Gasteiger partial charge in [-0.1, -0.05) is 19.1 Å². The number of carbonyl (C=O) groups is 2. The minimum Gasteiger partial charge on any atom is -0.462 e. The van der Waals surface area contributed by atoms with Gasteiger partial charge in [-0.05, 0) is 48.3 Å². The predicted octanol–water partition coefficient (Wildman–Crippen LogP) is 3.44. The fourth-order valence-electron chi connectivity index (χ4n) is 1.74. The molecule has 0 spiro atoms. The third-order valence-corrected chi connectivity index (χ3v) is 3.84. The Bertz CT molecular complexity index is 699. The van der Waals surface area contributed by atoms with Crippen LogP contribution < -0.4 is 10.6 Å². The molecule has 0 bridgehead atoms. The summed E-state index contributed by atoms with van der Waals surface area (Å²) in [6.07, 6.45) is 0.766. The Hall–Kier alpha value is -2.25. The molecule has 1 amide bonds. The molecule has 1 heterocycles. The predicted molar refractivity (Wildman–Crippen MR) is 95.0 cm³/mol. The highest BCUT2D eigenvalue weighted by atomic mass is 32.1. The van der Waals surface area contributed by atoms with Crippen LogP contribution in [0.4, 0.5) is 5.69 Å². The lowest BCUT2D eigenvalue weighted by atomic mass is 10.2. The molecule has 2 N–H and O–H groups in total. The lowest BCUT2D eigenvalue weighted by Gasteiger charge is -2.10. The average molecular weight is 348 g/mol. The average Bonchev–Trinajstić information content (AvgIpc) is 3.07. The molecule has 0 aliphatic carbocycles. The topological polar surface area (TPSA) is 67.4 Å². The Balaban J connectivity index is 1.95. The zero-order chi connectivity index (χ0) is 16.7. The van der Waals surface area contributed by atoms with E-state index in [2.05, 4.69) is 10.6 Å². The second-order valence-corrected chi connectivity index (χ2v) is 5.96. The van der Waals surface area contributed by atoms with Gasteiger partial charge in [0.05, 0.1) is 17.0 Å². The monoisotopic (exact) mass is 348 g/mol. The Labute approximate surface area is 143 Å². The number of amides is 1. The van der Waals surface area contributed by atoms with Crippen LogP contribution in [0.3, 0.4) is 0 Å². The summed E-state index contributed by atoms with van der Waals surface area (Å²) in [5.41, 5.74) is 1.03. The van der Waals surface area contributed by atoms with Crippen molar-refractivity contribution in [3.63, 3.8) is 0 Å². The van der Waals surface area contributed by atoms with Crippen LogP contribution in [0, 0.1) is 0 Å². The van der Waals surface area contributed by atoms with Crippen molar-refractivity contribution >= 4 is 46.2 Å². The Morgan fingerprint density at radius 3 is 2.78 bits per heavy atom. The Morgan fingerprint density at radius 2 is 2.09 bits per heavy atom. The van der Waals surface area contributed by atoms with Crippen molar-refractivity contribution in [3.8, 4) is 0 Å². The van der Waals surface area contributed by atoms with Gasteiger partial charge < -0.3 is 10.1 Å². The first-order valence-electron chi connectivity index (χ1n) is 7.03. The molecule has 0 fully saturated rings. The van der Waals surface area contributed by atoms with E-state index in [4.69, 9.17) is 17.0 Å². The van der Waals surface area contributed by atoms with E-state index in [1.807, 2.05) is 12.3 Å². The van der Waals surface area contributed by atoms with E-state index in [0.717, 1.165) is 6.42 Å². The van der Waals surface area contributed by atoms with Gasteiger partial charge in [-0.15, -0.1) is 11.3 Å². The smallest absolute Gasteiger partial charge is 0.338 e. The normalized spacial score (nSPS) is 9.96. The van der Waals surface area contributed by atoms with Gasteiger partial charge in [0.1, 0.15) is 0 Å². The molecule has 2 rings (SSSR count). The molecular formula is C16H16N2O3S2. The van der Waals surface area contributed by atoms with Gasteiger partial charge in [0, 0.05) is 5.69 Å². The molecule has 5 nitrogen and oxygen atoms in total. The van der Waals surface area contributed by atoms with E-state index < -0.39 is 0 Å². The van der Waals surface area contributed by atoms with E-state index in [1.165, 1.54) is 11.3 Å². The molecule has 0 aliphatic heterocycles. The van der Waals surface area contributed by atoms with Crippen molar-refractivity contribution in [1.82, 2.24) is 5.32 Å². The maximum absolute atomic E-state index is 11.9. The second kappa shape index (κ2) is 8.40. The first kappa shape index (κ1) is 17.1. The first-order valence-corrected chi connectivity index (χ1v) is 8.32. The zero-order valence-electron chi connectivity index (χ0n) is 12.5. The number of anilines is 1. The summed E-state index contributed by atoms with van der Waals surface area (Å²) in [5, 5.41) is 7.46. The maximum Gasteiger partial charge on any atom is 0.338 e. The highest BCUT2D eigenvalue weighted by Gasteiger charge is 2.10. The number of nitrogens with one attached hydrogen (secondary N) is 2. The van der Waals surface area contributed by atoms with Crippen molar-refractivity contribution < 1.29 is 14.3 Å². The van der Waals surface area contributed by atoms with Crippen LogP contribution in [0.25, 0.3) is 0 Å². The highest BCUT2D eigenvalue weighted by Crippen LogP contribution is 2.12. The highest BCUT2D eigenvalue weighted by molar-refractivity contribution is 7.80. The van der Waals surface area contributed by atoms with Gasteiger partial charge in [-0.3, -0.25) is 10.1 Å². The molecule has 1 aromatic heterocycles. The molecule has 7 heteroatoms. The Kier molecular flexibility index (Phi) is 6.25. The van der Waals surface area contributed by atoms with E-state index >= 15 is 0 Å². The molecule has 0 aliphatic rings. The van der Waals surface area contributed by atoms with Crippen LogP contribution in [0.2, 0.25) is 0 Å². The minimum absolute atomic E-state index is 0.169. The number of benzene rings is 1. The lowest BCUT2D eigenvalue weighted by molar-refractivity contribution is 0.0505. The fraction of sp³-hybridized carbons (Fsp3) is 0.188. The molecule has 0 atom stereocenters.